The number of hydrogen-bond acceptors (Lipinski definition) is 4. The van der Waals surface area contributed by atoms with E-state index in [1.807, 2.05) is 0 Å². The molecular formula is C19H13F7N4O3. The van der Waals surface area contributed by atoms with Gasteiger partial charge in [0.1, 0.15) is 6.04 Å². The molecule has 3 atom stereocenters. The van der Waals surface area contributed by atoms with Crippen LogP contribution in [0.25, 0.3) is 0 Å². The number of nitriles is 1. The fourth-order valence-corrected chi connectivity index (χ4v) is 4.50. The van der Waals surface area contributed by atoms with Gasteiger partial charge < -0.3 is 9.80 Å². The second-order valence-electron chi connectivity index (χ2n) is 8.02. The number of fused-ring (bicyclic) bond motifs is 5. The molecule has 4 amide bonds. The van der Waals surface area contributed by atoms with E-state index >= 15 is 0 Å². The van der Waals surface area contributed by atoms with Gasteiger partial charge in [0.15, 0.2) is 0 Å². The highest BCUT2D eigenvalue weighted by molar-refractivity contribution is 6.22. The molecule has 3 heterocycles. The van der Waals surface area contributed by atoms with Crippen LogP contribution in [-0.4, -0.2) is 64.2 Å². The Hall–Kier alpha value is -3.37. The third-order valence-electron chi connectivity index (χ3n) is 6.03. The van der Waals surface area contributed by atoms with Crippen molar-refractivity contribution in [1.82, 2.24) is 9.80 Å². The molecule has 3 saturated heterocycles. The highest BCUT2D eigenvalue weighted by atomic mass is 19.4. The first-order chi connectivity index (χ1) is 15.1. The van der Waals surface area contributed by atoms with Gasteiger partial charge in [0.2, 0.25) is 0 Å². The largest absolute Gasteiger partial charge is 0.417 e. The number of halogens is 7. The summed E-state index contributed by atoms with van der Waals surface area (Å²) in [5.74, 6) is -13.0. The molecule has 176 valence electrons. The van der Waals surface area contributed by atoms with Crippen LogP contribution < -0.4 is 4.90 Å². The number of benzene rings is 1. The molecule has 0 aromatic heterocycles. The van der Waals surface area contributed by atoms with Crippen LogP contribution in [0.4, 0.5) is 41.2 Å². The number of anilines is 1. The number of likely N-dealkylation sites (tertiary alicyclic amines) is 1. The third-order valence-corrected chi connectivity index (χ3v) is 6.03. The summed E-state index contributed by atoms with van der Waals surface area (Å²) in [6, 6.07) is -1.31. The van der Waals surface area contributed by atoms with Crippen molar-refractivity contribution in [3.05, 3.63) is 29.3 Å². The van der Waals surface area contributed by atoms with E-state index in [1.54, 1.807) is 0 Å². The van der Waals surface area contributed by atoms with Crippen LogP contribution in [0.1, 0.15) is 24.5 Å². The summed E-state index contributed by atoms with van der Waals surface area (Å²) in [6.07, 6.45) is -5.09. The van der Waals surface area contributed by atoms with Gasteiger partial charge in [-0.15, -0.1) is 0 Å². The highest BCUT2D eigenvalue weighted by Gasteiger charge is 2.67. The number of alkyl halides is 7. The smallest absolute Gasteiger partial charge is 0.330 e. The van der Waals surface area contributed by atoms with Gasteiger partial charge in [-0.2, -0.15) is 36.0 Å². The van der Waals surface area contributed by atoms with Crippen LogP contribution in [0.15, 0.2) is 18.2 Å². The van der Waals surface area contributed by atoms with Crippen LogP contribution in [0.5, 0.6) is 0 Å². The standard InChI is InChI=1S/C19H13F7N4O3/c1-17(20,21)18(22,23)15(32)28-7-10-5-12(28)13-14(31)30(16(33)29(10)13)9-3-2-8(6-27)11(4-9)19(24,25)26/h2-4,10,12-13H,5,7H2,1H3/t10-,12?,13+/m1/s1. The first kappa shape index (κ1) is 22.8. The van der Waals surface area contributed by atoms with Gasteiger partial charge in [-0.1, -0.05) is 0 Å². The fraction of sp³-hybridized carbons (Fsp3) is 0.474. The van der Waals surface area contributed by atoms with Gasteiger partial charge in [0.05, 0.1) is 35.0 Å². The minimum absolute atomic E-state index is 0.117. The van der Waals surface area contributed by atoms with Gasteiger partial charge in [0.25, 0.3) is 11.8 Å². The molecule has 0 aliphatic carbocycles. The second-order valence-corrected chi connectivity index (χ2v) is 8.02. The Kier molecular flexibility index (Phi) is 4.71. The Morgan fingerprint density at radius 3 is 2.30 bits per heavy atom. The van der Waals surface area contributed by atoms with Crippen molar-refractivity contribution in [1.29, 1.82) is 5.26 Å². The first-order valence-electron chi connectivity index (χ1n) is 9.45. The highest BCUT2D eigenvalue weighted by Crippen LogP contribution is 2.46. The van der Waals surface area contributed by atoms with E-state index < -0.39 is 77.4 Å². The van der Waals surface area contributed by atoms with Crippen molar-refractivity contribution in [2.24, 2.45) is 0 Å². The quantitative estimate of drug-likeness (QED) is 0.494. The van der Waals surface area contributed by atoms with E-state index in [0.29, 0.717) is 15.9 Å². The molecule has 0 saturated carbocycles. The molecule has 1 aromatic rings. The summed E-state index contributed by atoms with van der Waals surface area (Å²) in [4.78, 5) is 39.8. The molecule has 1 unspecified atom stereocenters. The molecule has 4 rings (SSSR count). The number of urea groups is 1. The molecular weight excluding hydrogens is 465 g/mol. The lowest BCUT2D eigenvalue weighted by Gasteiger charge is -2.37. The van der Waals surface area contributed by atoms with Crippen molar-refractivity contribution < 1.29 is 45.1 Å². The molecule has 1 aromatic carbocycles. The molecule has 7 nitrogen and oxygen atoms in total. The summed E-state index contributed by atoms with van der Waals surface area (Å²) in [7, 11) is 0. The normalized spacial score (nSPS) is 25.1. The van der Waals surface area contributed by atoms with Crippen LogP contribution in [-0.2, 0) is 15.8 Å². The van der Waals surface area contributed by atoms with Crippen molar-refractivity contribution >= 4 is 23.5 Å². The van der Waals surface area contributed by atoms with Gasteiger partial charge in [0, 0.05) is 13.5 Å². The number of nitrogens with zero attached hydrogens (tertiary/aromatic N) is 4. The van der Waals surface area contributed by atoms with E-state index in [4.69, 9.17) is 5.26 Å². The maximum absolute atomic E-state index is 13.9. The number of amides is 4. The molecule has 0 spiro atoms. The Morgan fingerprint density at radius 1 is 1.12 bits per heavy atom. The zero-order valence-corrected chi connectivity index (χ0v) is 16.5. The van der Waals surface area contributed by atoms with Crippen LogP contribution >= 0.6 is 0 Å². The predicted octanol–water partition coefficient (Wildman–Crippen LogP) is 2.99. The number of carbonyl (C=O) groups is 3. The Bertz CT molecular complexity index is 1110. The van der Waals surface area contributed by atoms with Crippen LogP contribution in [0.2, 0.25) is 0 Å². The van der Waals surface area contributed by atoms with Crippen molar-refractivity contribution in [3.8, 4) is 6.07 Å². The lowest BCUT2D eigenvalue weighted by Crippen LogP contribution is -2.60. The van der Waals surface area contributed by atoms with Gasteiger partial charge >= 0.3 is 24.1 Å². The molecule has 3 aliphatic heterocycles. The molecule has 2 bridgehead atoms. The van der Waals surface area contributed by atoms with Gasteiger partial charge in [-0.25, -0.2) is 9.69 Å². The van der Waals surface area contributed by atoms with Crippen LogP contribution in [0, 0.1) is 11.3 Å². The van der Waals surface area contributed by atoms with Crippen molar-refractivity contribution in [2.75, 3.05) is 11.4 Å². The number of rotatable bonds is 3. The zero-order chi connectivity index (χ0) is 24.7. The minimum Gasteiger partial charge on any atom is -0.330 e. The van der Waals surface area contributed by atoms with Gasteiger partial charge in [-0.3, -0.25) is 9.59 Å². The topological polar surface area (TPSA) is 84.7 Å². The third kappa shape index (κ3) is 3.12. The summed E-state index contributed by atoms with van der Waals surface area (Å²) in [5, 5.41) is 8.90. The molecule has 3 fully saturated rings. The average molecular weight is 478 g/mol. The molecule has 3 aliphatic rings. The first-order valence-corrected chi connectivity index (χ1v) is 9.45. The van der Waals surface area contributed by atoms with Gasteiger partial charge in [-0.05, 0) is 24.6 Å². The summed E-state index contributed by atoms with van der Waals surface area (Å²) < 4.78 is 94.3. The Labute approximate surface area is 180 Å². The van der Waals surface area contributed by atoms with E-state index in [1.165, 1.54) is 6.07 Å². The zero-order valence-electron chi connectivity index (χ0n) is 16.5. The number of carbonyl (C=O) groups excluding carboxylic acids is 3. The van der Waals surface area contributed by atoms with Crippen LogP contribution in [0.3, 0.4) is 0 Å². The number of hydrogen-bond donors (Lipinski definition) is 0. The average Bonchev–Trinajstić information content (AvgIpc) is 3.36. The van der Waals surface area contributed by atoms with E-state index in [0.717, 1.165) is 17.0 Å². The number of imide groups is 1. The maximum atomic E-state index is 13.9. The minimum atomic E-state index is -5.05. The van der Waals surface area contributed by atoms with Crippen molar-refractivity contribution in [2.45, 2.75) is 49.5 Å². The monoisotopic (exact) mass is 478 g/mol. The van der Waals surface area contributed by atoms with E-state index in [-0.39, 0.29) is 13.3 Å². The SMILES string of the molecule is CC(F)(F)C(F)(F)C(=O)N1C[C@H]2CC1[C@H]1C(=O)N(c3ccc(C#N)c(C(F)(F)F)c3)C(=O)N21. The summed E-state index contributed by atoms with van der Waals surface area (Å²) >= 11 is 0. The summed E-state index contributed by atoms with van der Waals surface area (Å²) in [6.45, 7) is -0.652. The molecule has 33 heavy (non-hydrogen) atoms. The molecule has 0 N–H and O–H groups in total. The summed E-state index contributed by atoms with van der Waals surface area (Å²) in [5.41, 5.74) is -2.64. The number of piperazine rings is 1. The fourth-order valence-electron chi connectivity index (χ4n) is 4.50. The van der Waals surface area contributed by atoms with Crippen molar-refractivity contribution in [3.63, 3.8) is 0 Å². The lowest BCUT2D eigenvalue weighted by molar-refractivity contribution is -0.213. The predicted molar refractivity (Wildman–Crippen MR) is 94.1 cm³/mol. The van der Waals surface area contributed by atoms with E-state index in [2.05, 4.69) is 0 Å². The Morgan fingerprint density at radius 2 is 1.76 bits per heavy atom. The second kappa shape index (κ2) is 6.82. The molecule has 14 heteroatoms. The maximum Gasteiger partial charge on any atom is 0.417 e. The van der Waals surface area contributed by atoms with E-state index in [9.17, 15) is 45.1 Å². The lowest BCUT2D eigenvalue weighted by atomic mass is 10.0. The molecule has 0 radical (unpaired) electrons. The Balaban J connectivity index is 1.67.